The molecular weight excluding hydrogens is 338 g/mol. The maximum Gasteiger partial charge on any atom is 0.227 e. The number of imidazole rings is 1. The van der Waals surface area contributed by atoms with Crippen LogP contribution in [0.5, 0.6) is 0 Å². The number of nitrogens with two attached hydrogens (primary N) is 1. The van der Waals surface area contributed by atoms with Crippen molar-refractivity contribution >= 4 is 28.6 Å². The van der Waals surface area contributed by atoms with Crippen LogP contribution >= 0.6 is 0 Å². The highest BCUT2D eigenvalue weighted by Gasteiger charge is 2.23. The maximum atomic E-state index is 6.30. The minimum atomic E-state index is 0.141. The fraction of sp³-hybridized carbons (Fsp3) is 0.450. The summed E-state index contributed by atoms with van der Waals surface area (Å²) in [5.74, 6) is 1.32. The summed E-state index contributed by atoms with van der Waals surface area (Å²) in [4.78, 5) is 14.0. The van der Waals surface area contributed by atoms with E-state index in [0.717, 1.165) is 36.2 Å². The second kappa shape index (κ2) is 7.52. The smallest absolute Gasteiger partial charge is 0.227 e. The maximum absolute atomic E-state index is 6.30. The van der Waals surface area contributed by atoms with Crippen molar-refractivity contribution in [2.24, 2.45) is 5.73 Å². The zero-order valence-corrected chi connectivity index (χ0v) is 15.9. The number of anilines is 3. The molecule has 0 radical (unpaired) electrons. The Kier molecular flexibility index (Phi) is 4.94. The first-order valence-corrected chi connectivity index (χ1v) is 9.72. The van der Waals surface area contributed by atoms with Crippen LogP contribution in [-0.2, 0) is 6.54 Å². The summed E-state index contributed by atoms with van der Waals surface area (Å²) in [5, 5.41) is 6.89. The second-order valence-electron chi connectivity index (χ2n) is 7.29. The molecule has 0 aliphatic heterocycles. The summed E-state index contributed by atoms with van der Waals surface area (Å²) in [6, 6.07) is 8.57. The van der Waals surface area contributed by atoms with Crippen LogP contribution in [0.4, 0.5) is 17.5 Å². The van der Waals surface area contributed by atoms with Crippen LogP contribution in [0.1, 0.15) is 38.2 Å². The Balaban J connectivity index is 1.71. The van der Waals surface area contributed by atoms with Crippen LogP contribution in [0.3, 0.4) is 0 Å². The third kappa shape index (κ3) is 3.73. The van der Waals surface area contributed by atoms with Gasteiger partial charge in [0.1, 0.15) is 0 Å². The standard InChI is InChI=1S/C20H27N7/c1-3-27-12-22-17-18(23-14-8-6-7-13(2)11-14)25-20(26-19(17)27)24-16-10-5-4-9-15(16)21/h6-8,11-12,15-16H,3-5,9-10,21H2,1-2H3,(H2,23,24,25,26)/t15-,16-/m0/s1. The monoisotopic (exact) mass is 365 g/mol. The van der Waals surface area contributed by atoms with Gasteiger partial charge in [-0.3, -0.25) is 0 Å². The van der Waals surface area contributed by atoms with Crippen molar-refractivity contribution < 1.29 is 0 Å². The van der Waals surface area contributed by atoms with Crippen LogP contribution in [-0.4, -0.2) is 31.6 Å². The molecule has 0 bridgehead atoms. The van der Waals surface area contributed by atoms with E-state index in [0.29, 0.717) is 11.8 Å². The molecule has 7 nitrogen and oxygen atoms in total. The van der Waals surface area contributed by atoms with Crippen molar-refractivity contribution in [3.8, 4) is 0 Å². The van der Waals surface area contributed by atoms with Gasteiger partial charge in [-0.15, -0.1) is 0 Å². The summed E-state index contributed by atoms with van der Waals surface area (Å²) >= 11 is 0. The van der Waals surface area contributed by atoms with E-state index in [1.54, 1.807) is 0 Å². The first kappa shape index (κ1) is 17.7. The normalized spacial score (nSPS) is 20.0. The number of aromatic nitrogens is 4. The molecule has 27 heavy (non-hydrogen) atoms. The number of rotatable bonds is 5. The molecule has 0 unspecified atom stereocenters. The highest BCUT2D eigenvalue weighted by molar-refractivity contribution is 5.86. The third-order valence-corrected chi connectivity index (χ3v) is 5.22. The predicted octanol–water partition coefficient (Wildman–Crippen LogP) is 3.58. The van der Waals surface area contributed by atoms with Gasteiger partial charge in [0.05, 0.1) is 6.33 Å². The molecule has 2 aromatic heterocycles. The van der Waals surface area contributed by atoms with E-state index < -0.39 is 0 Å². The number of nitrogens with zero attached hydrogens (tertiary/aromatic N) is 4. The third-order valence-electron chi connectivity index (χ3n) is 5.22. The van der Waals surface area contributed by atoms with Crippen molar-refractivity contribution in [3.63, 3.8) is 0 Å². The first-order chi connectivity index (χ1) is 13.1. The van der Waals surface area contributed by atoms with E-state index in [1.165, 1.54) is 18.4 Å². The molecule has 2 atom stereocenters. The highest BCUT2D eigenvalue weighted by atomic mass is 15.2. The Morgan fingerprint density at radius 3 is 2.85 bits per heavy atom. The zero-order chi connectivity index (χ0) is 18.8. The Morgan fingerprint density at radius 2 is 2.07 bits per heavy atom. The van der Waals surface area contributed by atoms with Gasteiger partial charge in [0, 0.05) is 24.3 Å². The molecule has 3 aromatic rings. The average Bonchev–Trinajstić information content (AvgIpc) is 3.07. The van der Waals surface area contributed by atoms with Crippen molar-refractivity contribution in [1.82, 2.24) is 19.5 Å². The number of nitrogens with one attached hydrogen (secondary N) is 2. The van der Waals surface area contributed by atoms with Crippen LogP contribution in [0, 0.1) is 6.92 Å². The zero-order valence-electron chi connectivity index (χ0n) is 15.9. The fourth-order valence-electron chi connectivity index (χ4n) is 3.69. The largest absolute Gasteiger partial charge is 0.350 e. The quantitative estimate of drug-likeness (QED) is 0.640. The average molecular weight is 365 g/mol. The minimum Gasteiger partial charge on any atom is -0.350 e. The van der Waals surface area contributed by atoms with Crippen molar-refractivity contribution in [2.45, 2.75) is 58.2 Å². The number of hydrogen-bond donors (Lipinski definition) is 3. The topological polar surface area (TPSA) is 93.7 Å². The van der Waals surface area contributed by atoms with Gasteiger partial charge >= 0.3 is 0 Å². The molecule has 0 spiro atoms. The lowest BCUT2D eigenvalue weighted by molar-refractivity contribution is 0.402. The lowest BCUT2D eigenvalue weighted by Gasteiger charge is -2.29. The van der Waals surface area contributed by atoms with E-state index in [1.807, 2.05) is 23.0 Å². The van der Waals surface area contributed by atoms with Gasteiger partial charge in [0.2, 0.25) is 5.95 Å². The summed E-state index contributed by atoms with van der Waals surface area (Å²) in [5.41, 5.74) is 10.1. The number of aryl methyl sites for hydroxylation is 2. The van der Waals surface area contributed by atoms with E-state index in [9.17, 15) is 0 Å². The molecule has 1 aliphatic carbocycles. The van der Waals surface area contributed by atoms with Gasteiger partial charge in [0.25, 0.3) is 0 Å². The Morgan fingerprint density at radius 1 is 1.22 bits per heavy atom. The number of hydrogen-bond acceptors (Lipinski definition) is 6. The lowest BCUT2D eigenvalue weighted by atomic mass is 9.91. The van der Waals surface area contributed by atoms with E-state index in [4.69, 9.17) is 15.7 Å². The summed E-state index contributed by atoms with van der Waals surface area (Å²) in [7, 11) is 0. The van der Waals surface area contributed by atoms with E-state index in [2.05, 4.69) is 41.6 Å². The van der Waals surface area contributed by atoms with Gasteiger partial charge in [0.15, 0.2) is 17.0 Å². The van der Waals surface area contributed by atoms with Gasteiger partial charge in [-0.1, -0.05) is 25.0 Å². The predicted molar refractivity (Wildman–Crippen MR) is 109 cm³/mol. The molecule has 1 aliphatic rings. The van der Waals surface area contributed by atoms with E-state index >= 15 is 0 Å². The molecule has 4 rings (SSSR count). The molecule has 0 saturated heterocycles. The Hall–Kier alpha value is -2.67. The van der Waals surface area contributed by atoms with Gasteiger partial charge in [-0.05, 0) is 44.4 Å². The number of benzene rings is 1. The summed E-state index contributed by atoms with van der Waals surface area (Å²) < 4.78 is 2.03. The fourth-order valence-corrected chi connectivity index (χ4v) is 3.69. The minimum absolute atomic E-state index is 0.141. The molecular formula is C20H27N7. The second-order valence-corrected chi connectivity index (χ2v) is 7.29. The van der Waals surface area contributed by atoms with Crippen LogP contribution in [0.15, 0.2) is 30.6 Å². The van der Waals surface area contributed by atoms with Gasteiger partial charge < -0.3 is 20.9 Å². The van der Waals surface area contributed by atoms with Crippen molar-refractivity contribution in [3.05, 3.63) is 36.2 Å². The molecule has 4 N–H and O–H groups in total. The van der Waals surface area contributed by atoms with Crippen LogP contribution in [0.25, 0.3) is 11.2 Å². The van der Waals surface area contributed by atoms with E-state index in [-0.39, 0.29) is 12.1 Å². The molecule has 2 heterocycles. The molecule has 7 heteroatoms. The number of fused-ring (bicyclic) bond motifs is 1. The van der Waals surface area contributed by atoms with Crippen molar-refractivity contribution in [1.29, 1.82) is 0 Å². The molecule has 1 aromatic carbocycles. The highest BCUT2D eigenvalue weighted by Crippen LogP contribution is 2.26. The lowest BCUT2D eigenvalue weighted by Crippen LogP contribution is -2.43. The summed E-state index contributed by atoms with van der Waals surface area (Å²) in [6.45, 7) is 4.96. The van der Waals surface area contributed by atoms with Crippen LogP contribution in [0.2, 0.25) is 0 Å². The molecule has 142 valence electrons. The SMILES string of the molecule is CCn1cnc2c(Nc3cccc(C)c3)nc(N[C@H]3CCCC[C@@H]3N)nc21. The molecule has 1 fully saturated rings. The summed E-state index contributed by atoms with van der Waals surface area (Å²) in [6.07, 6.45) is 6.30. The Bertz CT molecular complexity index is 933. The van der Waals surface area contributed by atoms with Crippen LogP contribution < -0.4 is 16.4 Å². The first-order valence-electron chi connectivity index (χ1n) is 9.72. The van der Waals surface area contributed by atoms with Crippen molar-refractivity contribution in [2.75, 3.05) is 10.6 Å². The molecule has 1 saturated carbocycles. The molecule has 0 amide bonds. The van der Waals surface area contributed by atoms with Gasteiger partial charge in [-0.25, -0.2) is 4.98 Å². The van der Waals surface area contributed by atoms with Gasteiger partial charge in [-0.2, -0.15) is 9.97 Å². The Labute approximate surface area is 159 Å².